The lowest BCUT2D eigenvalue weighted by atomic mass is 10.2. The molecule has 0 radical (unpaired) electrons. The van der Waals surface area contributed by atoms with E-state index in [0.29, 0.717) is 0 Å². The second kappa shape index (κ2) is 4.57. The molecule has 9 heteroatoms. The number of rotatable bonds is 3. The van der Waals surface area contributed by atoms with Crippen molar-refractivity contribution >= 4 is 29.5 Å². The summed E-state index contributed by atoms with van der Waals surface area (Å²) in [4.78, 5) is -0.925. The smallest absolute Gasteiger partial charge is 0.175 e. The topological polar surface area (TPSA) is 102 Å². The fourth-order valence-corrected chi connectivity index (χ4v) is 4.51. The Morgan fingerprint density at radius 3 is 1.21 bits per heavy atom. The van der Waals surface area contributed by atoms with Crippen LogP contribution in [0.1, 0.15) is 5.56 Å². The maximum absolute atomic E-state index is 11.6. The summed E-state index contributed by atoms with van der Waals surface area (Å²) in [6.45, 7) is 1.33. The van der Waals surface area contributed by atoms with Crippen molar-refractivity contribution in [1.29, 1.82) is 0 Å². The van der Waals surface area contributed by atoms with Gasteiger partial charge in [-0.15, -0.1) is 0 Å². The molecule has 1 aromatic rings. The molecular weight excluding hydrogens is 312 g/mol. The first-order valence-electron chi connectivity index (χ1n) is 4.99. The standard InChI is InChI=1S/C10H14O6S3/c1-7-9(18(3,13)14)5-8(17(2,11)12)6-10(7)19(4,15)16/h5-6H,1-4H3. The van der Waals surface area contributed by atoms with Crippen LogP contribution in [0.5, 0.6) is 0 Å². The van der Waals surface area contributed by atoms with E-state index >= 15 is 0 Å². The lowest BCUT2D eigenvalue weighted by molar-refractivity contribution is 0.596. The second-order valence-corrected chi connectivity index (χ2v) is 10.3. The maximum atomic E-state index is 11.6. The molecule has 0 aliphatic rings. The lowest BCUT2D eigenvalue weighted by Crippen LogP contribution is -2.10. The van der Waals surface area contributed by atoms with E-state index in [0.717, 1.165) is 30.9 Å². The van der Waals surface area contributed by atoms with Gasteiger partial charge < -0.3 is 0 Å². The van der Waals surface area contributed by atoms with E-state index in [4.69, 9.17) is 0 Å². The Morgan fingerprint density at radius 2 is 1.00 bits per heavy atom. The molecule has 0 spiro atoms. The van der Waals surface area contributed by atoms with E-state index < -0.39 is 29.5 Å². The Balaban J connectivity index is 4.00. The molecule has 0 amide bonds. The van der Waals surface area contributed by atoms with Gasteiger partial charge in [0.15, 0.2) is 29.5 Å². The monoisotopic (exact) mass is 326 g/mol. The van der Waals surface area contributed by atoms with Gasteiger partial charge in [-0.25, -0.2) is 25.3 Å². The molecule has 19 heavy (non-hydrogen) atoms. The quantitative estimate of drug-likeness (QED) is 0.786. The first-order chi connectivity index (χ1) is 8.24. The fraction of sp³-hybridized carbons (Fsp3) is 0.400. The molecule has 0 fully saturated rings. The van der Waals surface area contributed by atoms with Crippen molar-refractivity contribution < 1.29 is 25.3 Å². The van der Waals surface area contributed by atoms with Crippen molar-refractivity contribution in [2.24, 2.45) is 0 Å². The molecule has 0 N–H and O–H groups in total. The predicted molar refractivity (Wildman–Crippen MR) is 70.5 cm³/mol. The Kier molecular flexibility index (Phi) is 3.88. The van der Waals surface area contributed by atoms with Crippen LogP contribution in [0.2, 0.25) is 0 Å². The number of sulfone groups is 3. The minimum atomic E-state index is -3.73. The lowest BCUT2D eigenvalue weighted by Gasteiger charge is -2.11. The van der Waals surface area contributed by atoms with Crippen molar-refractivity contribution in [2.75, 3.05) is 18.8 Å². The van der Waals surface area contributed by atoms with E-state index in [2.05, 4.69) is 0 Å². The Hall–Kier alpha value is -0.930. The van der Waals surface area contributed by atoms with Crippen LogP contribution in [0.3, 0.4) is 0 Å². The third kappa shape index (κ3) is 3.54. The summed E-state index contributed by atoms with van der Waals surface area (Å²) in [6, 6.07) is 1.96. The predicted octanol–water partition coefficient (Wildman–Crippen LogP) is 0.206. The first kappa shape index (κ1) is 16.1. The summed E-state index contributed by atoms with van der Waals surface area (Å²) >= 11 is 0. The molecule has 1 rings (SSSR count). The second-order valence-electron chi connectivity index (χ2n) is 4.36. The molecule has 0 atom stereocenters. The van der Waals surface area contributed by atoms with Crippen molar-refractivity contribution in [3.8, 4) is 0 Å². The average molecular weight is 326 g/mol. The van der Waals surface area contributed by atoms with Crippen LogP contribution in [-0.4, -0.2) is 44.0 Å². The zero-order valence-electron chi connectivity index (χ0n) is 10.8. The highest BCUT2D eigenvalue weighted by Gasteiger charge is 2.23. The molecule has 0 aromatic heterocycles. The summed E-state index contributed by atoms with van der Waals surface area (Å²) in [7, 11) is -11.2. The van der Waals surface area contributed by atoms with E-state index in [9.17, 15) is 25.3 Å². The highest BCUT2D eigenvalue weighted by molar-refractivity contribution is 7.92. The molecular formula is C10H14O6S3. The zero-order chi connectivity index (χ0) is 15.2. The van der Waals surface area contributed by atoms with Gasteiger partial charge in [0.2, 0.25) is 0 Å². The molecule has 0 aliphatic carbocycles. The van der Waals surface area contributed by atoms with Crippen LogP contribution in [-0.2, 0) is 29.5 Å². The van der Waals surface area contributed by atoms with Crippen LogP contribution >= 0.6 is 0 Å². The Morgan fingerprint density at radius 1 is 0.684 bits per heavy atom. The van der Waals surface area contributed by atoms with Crippen molar-refractivity contribution in [1.82, 2.24) is 0 Å². The molecule has 0 saturated carbocycles. The third-order valence-electron chi connectivity index (χ3n) is 2.51. The van der Waals surface area contributed by atoms with Gasteiger partial charge in [0.25, 0.3) is 0 Å². The maximum Gasteiger partial charge on any atom is 0.175 e. The number of benzene rings is 1. The molecule has 108 valence electrons. The van der Waals surface area contributed by atoms with Crippen LogP contribution in [0.4, 0.5) is 0 Å². The van der Waals surface area contributed by atoms with Crippen molar-refractivity contribution in [3.05, 3.63) is 17.7 Å². The summed E-state index contributed by atoms with van der Waals surface area (Å²) in [6.07, 6.45) is 2.68. The first-order valence-corrected chi connectivity index (χ1v) is 10.7. The normalized spacial score (nSPS) is 13.5. The Labute approximate surface area is 113 Å². The van der Waals surface area contributed by atoms with Crippen LogP contribution in [0, 0.1) is 6.92 Å². The highest BCUT2D eigenvalue weighted by Crippen LogP contribution is 2.27. The molecule has 0 bridgehead atoms. The average Bonchev–Trinajstić information content (AvgIpc) is 2.11. The SMILES string of the molecule is Cc1c(S(C)(=O)=O)cc(S(C)(=O)=O)cc1S(C)(=O)=O. The molecule has 0 heterocycles. The van der Waals surface area contributed by atoms with E-state index in [1.807, 2.05) is 0 Å². The van der Waals surface area contributed by atoms with Crippen LogP contribution < -0.4 is 0 Å². The summed E-state index contributed by atoms with van der Waals surface area (Å²) < 4.78 is 69.5. The van der Waals surface area contributed by atoms with Gasteiger partial charge in [-0.2, -0.15) is 0 Å². The zero-order valence-corrected chi connectivity index (χ0v) is 13.3. The van der Waals surface area contributed by atoms with Gasteiger partial charge in [-0.3, -0.25) is 0 Å². The molecule has 1 aromatic carbocycles. The van der Waals surface area contributed by atoms with Crippen LogP contribution in [0.25, 0.3) is 0 Å². The number of hydrogen-bond donors (Lipinski definition) is 0. The number of hydrogen-bond acceptors (Lipinski definition) is 6. The van der Waals surface area contributed by atoms with E-state index in [1.54, 1.807) is 0 Å². The summed E-state index contributed by atoms with van der Waals surface area (Å²) in [5, 5.41) is 0. The van der Waals surface area contributed by atoms with Gasteiger partial charge in [0.1, 0.15) is 0 Å². The minimum Gasteiger partial charge on any atom is -0.224 e. The fourth-order valence-electron chi connectivity index (χ4n) is 1.62. The molecule has 0 unspecified atom stereocenters. The van der Waals surface area contributed by atoms with Gasteiger partial charge in [0, 0.05) is 18.8 Å². The molecule has 0 aliphatic heterocycles. The summed E-state index contributed by atoms with van der Waals surface area (Å²) in [5.74, 6) is 0. The van der Waals surface area contributed by atoms with Gasteiger partial charge >= 0.3 is 0 Å². The third-order valence-corrected chi connectivity index (χ3v) is 6.05. The molecule has 6 nitrogen and oxygen atoms in total. The van der Waals surface area contributed by atoms with Gasteiger partial charge in [-0.1, -0.05) is 0 Å². The minimum absolute atomic E-state index is 0.0254. The van der Waals surface area contributed by atoms with Gasteiger partial charge in [0.05, 0.1) is 14.7 Å². The Bertz CT molecular complexity index is 776. The molecule has 0 saturated heterocycles. The van der Waals surface area contributed by atoms with Crippen LogP contribution in [0.15, 0.2) is 26.8 Å². The summed E-state index contributed by atoms with van der Waals surface area (Å²) in [5.41, 5.74) is 0.0254. The highest BCUT2D eigenvalue weighted by atomic mass is 32.2. The van der Waals surface area contributed by atoms with E-state index in [-0.39, 0.29) is 20.2 Å². The van der Waals surface area contributed by atoms with Gasteiger partial charge in [-0.05, 0) is 24.6 Å². The van der Waals surface area contributed by atoms with Crippen molar-refractivity contribution in [2.45, 2.75) is 21.6 Å². The van der Waals surface area contributed by atoms with Crippen molar-refractivity contribution in [3.63, 3.8) is 0 Å². The van der Waals surface area contributed by atoms with E-state index in [1.165, 1.54) is 6.92 Å². The largest absolute Gasteiger partial charge is 0.224 e.